The van der Waals surface area contributed by atoms with Crippen molar-refractivity contribution in [3.05, 3.63) is 38.9 Å². The molecule has 3 rings (SSSR count). The lowest BCUT2D eigenvalue weighted by molar-refractivity contribution is -0.384. The fourth-order valence-electron chi connectivity index (χ4n) is 2.30. The van der Waals surface area contributed by atoms with Gasteiger partial charge in [0.1, 0.15) is 0 Å². The standard InChI is InChI=1S/C15H16ClN7O4/c1-26-15-19-13(18-14(20-15)22-4-6-27-7-5-22)21-17-9-10-8-11(23(24)25)2-3-12(10)16/h2-3,8-9H,4-7H2,1H3,(H,18,19,20,21)/b17-9-. The van der Waals surface area contributed by atoms with Crippen LogP contribution in [0.15, 0.2) is 23.3 Å². The van der Waals surface area contributed by atoms with Crippen LogP contribution < -0.4 is 15.1 Å². The molecule has 1 aliphatic heterocycles. The van der Waals surface area contributed by atoms with Crippen LogP contribution in [0.2, 0.25) is 5.02 Å². The number of hydrogen-bond acceptors (Lipinski definition) is 10. The van der Waals surface area contributed by atoms with Crippen LogP contribution in [0.25, 0.3) is 0 Å². The lowest BCUT2D eigenvalue weighted by atomic mass is 10.2. The van der Waals surface area contributed by atoms with Crippen LogP contribution in [-0.2, 0) is 4.74 Å². The highest BCUT2D eigenvalue weighted by atomic mass is 35.5. The molecule has 0 aliphatic carbocycles. The van der Waals surface area contributed by atoms with E-state index < -0.39 is 4.92 Å². The predicted octanol–water partition coefficient (Wildman–Crippen LogP) is 1.72. The molecule has 12 heteroatoms. The zero-order valence-electron chi connectivity index (χ0n) is 14.3. The summed E-state index contributed by atoms with van der Waals surface area (Å²) in [6.07, 6.45) is 1.35. The molecule has 0 atom stereocenters. The van der Waals surface area contributed by atoms with E-state index in [0.717, 1.165) is 0 Å². The van der Waals surface area contributed by atoms with E-state index in [4.69, 9.17) is 21.1 Å². The molecule has 0 spiro atoms. The number of ether oxygens (including phenoxy) is 2. The lowest BCUT2D eigenvalue weighted by Gasteiger charge is -2.26. The average molecular weight is 394 g/mol. The summed E-state index contributed by atoms with van der Waals surface area (Å²) in [4.78, 5) is 24.9. The van der Waals surface area contributed by atoms with Crippen LogP contribution in [0.3, 0.4) is 0 Å². The molecule has 2 heterocycles. The summed E-state index contributed by atoms with van der Waals surface area (Å²) in [5.74, 6) is 0.609. The number of halogens is 1. The molecule has 1 saturated heterocycles. The molecule has 1 aliphatic rings. The van der Waals surface area contributed by atoms with Crippen molar-refractivity contribution in [2.75, 3.05) is 43.7 Å². The van der Waals surface area contributed by atoms with Crippen molar-refractivity contribution in [3.8, 4) is 6.01 Å². The van der Waals surface area contributed by atoms with Crippen molar-refractivity contribution in [1.82, 2.24) is 15.0 Å². The first-order chi connectivity index (χ1) is 13.1. The van der Waals surface area contributed by atoms with E-state index in [-0.39, 0.29) is 17.6 Å². The number of benzene rings is 1. The Labute approximate surface area is 159 Å². The fourth-order valence-corrected chi connectivity index (χ4v) is 2.46. The average Bonchev–Trinajstić information content (AvgIpc) is 2.69. The highest BCUT2D eigenvalue weighted by Gasteiger charge is 2.16. The molecule has 1 aromatic heterocycles. The largest absolute Gasteiger partial charge is 0.467 e. The van der Waals surface area contributed by atoms with Gasteiger partial charge in [-0.1, -0.05) is 11.6 Å². The van der Waals surface area contributed by atoms with Gasteiger partial charge < -0.3 is 14.4 Å². The zero-order valence-corrected chi connectivity index (χ0v) is 15.1. The number of anilines is 2. The third-order valence-corrected chi connectivity index (χ3v) is 3.98. The molecule has 0 radical (unpaired) electrons. The van der Waals surface area contributed by atoms with Gasteiger partial charge in [-0.25, -0.2) is 5.43 Å². The first kappa shape index (κ1) is 18.7. The quantitative estimate of drug-likeness (QED) is 0.443. The molecule has 0 unspecified atom stereocenters. The van der Waals surface area contributed by atoms with Gasteiger partial charge in [-0.15, -0.1) is 0 Å². The maximum atomic E-state index is 10.9. The third kappa shape index (κ3) is 4.77. The maximum absolute atomic E-state index is 10.9. The van der Waals surface area contributed by atoms with Crippen LogP contribution in [0.1, 0.15) is 5.56 Å². The van der Waals surface area contributed by atoms with Crippen molar-refractivity contribution < 1.29 is 14.4 Å². The molecule has 1 aromatic carbocycles. The van der Waals surface area contributed by atoms with Crippen LogP contribution in [0.5, 0.6) is 6.01 Å². The Bertz CT molecular complexity index is 858. The van der Waals surface area contributed by atoms with E-state index in [1.165, 1.54) is 31.5 Å². The molecule has 1 fully saturated rings. The predicted molar refractivity (Wildman–Crippen MR) is 98.7 cm³/mol. The second kappa shape index (κ2) is 8.56. The number of nitrogens with zero attached hydrogens (tertiary/aromatic N) is 6. The molecule has 11 nitrogen and oxygen atoms in total. The van der Waals surface area contributed by atoms with E-state index in [9.17, 15) is 10.1 Å². The van der Waals surface area contributed by atoms with Gasteiger partial charge in [0.25, 0.3) is 11.6 Å². The number of rotatable bonds is 6. The molecule has 0 amide bonds. The first-order valence-corrected chi connectivity index (χ1v) is 8.30. The minimum atomic E-state index is -0.507. The number of hydrogen-bond donors (Lipinski definition) is 1. The summed E-state index contributed by atoms with van der Waals surface area (Å²) < 4.78 is 10.4. The van der Waals surface area contributed by atoms with Crippen LogP contribution in [0.4, 0.5) is 17.6 Å². The second-order valence-corrected chi connectivity index (χ2v) is 5.79. The number of aromatic nitrogens is 3. The number of nitro groups is 1. The van der Waals surface area contributed by atoms with E-state index >= 15 is 0 Å². The summed E-state index contributed by atoms with van der Waals surface area (Å²) in [7, 11) is 1.45. The molecule has 142 valence electrons. The summed E-state index contributed by atoms with van der Waals surface area (Å²) >= 11 is 6.04. The number of non-ortho nitro benzene ring substituents is 1. The van der Waals surface area contributed by atoms with Crippen molar-refractivity contribution in [2.45, 2.75) is 0 Å². The summed E-state index contributed by atoms with van der Waals surface area (Å²) in [5.41, 5.74) is 2.96. The number of hydrazone groups is 1. The number of methoxy groups -OCH3 is 1. The van der Waals surface area contributed by atoms with Gasteiger partial charge in [0, 0.05) is 35.8 Å². The van der Waals surface area contributed by atoms with Crippen molar-refractivity contribution in [3.63, 3.8) is 0 Å². The van der Waals surface area contributed by atoms with Gasteiger partial charge in [0.05, 0.1) is 31.5 Å². The Morgan fingerprint density at radius 1 is 1.37 bits per heavy atom. The van der Waals surface area contributed by atoms with E-state index in [2.05, 4.69) is 25.5 Å². The SMILES string of the molecule is COc1nc(N/N=C\c2cc([N+](=O)[O-])ccc2Cl)nc(N2CCOCC2)n1. The Morgan fingerprint density at radius 3 is 2.85 bits per heavy atom. The Kier molecular flexibility index (Phi) is 5.94. The minimum Gasteiger partial charge on any atom is -0.467 e. The van der Waals surface area contributed by atoms with Gasteiger partial charge >= 0.3 is 6.01 Å². The Balaban J connectivity index is 1.78. The van der Waals surface area contributed by atoms with Crippen LogP contribution >= 0.6 is 11.6 Å². The van der Waals surface area contributed by atoms with E-state index in [0.29, 0.717) is 42.8 Å². The molecule has 27 heavy (non-hydrogen) atoms. The number of nitro benzene ring substituents is 1. The van der Waals surface area contributed by atoms with Crippen molar-refractivity contribution in [1.29, 1.82) is 0 Å². The Hall–Kier alpha value is -3.05. The van der Waals surface area contributed by atoms with Gasteiger partial charge in [0.15, 0.2) is 0 Å². The highest BCUT2D eigenvalue weighted by molar-refractivity contribution is 6.33. The molecular weight excluding hydrogens is 378 g/mol. The lowest BCUT2D eigenvalue weighted by Crippen LogP contribution is -2.37. The van der Waals surface area contributed by atoms with E-state index in [1.54, 1.807) is 0 Å². The monoisotopic (exact) mass is 393 g/mol. The molecule has 0 saturated carbocycles. The maximum Gasteiger partial charge on any atom is 0.322 e. The van der Waals surface area contributed by atoms with Crippen molar-refractivity contribution >= 4 is 35.4 Å². The minimum absolute atomic E-state index is 0.0858. The van der Waals surface area contributed by atoms with Gasteiger partial charge in [-0.2, -0.15) is 20.1 Å². The number of morpholine rings is 1. The topological polar surface area (TPSA) is 128 Å². The summed E-state index contributed by atoms with van der Waals surface area (Å²) in [5, 5.41) is 15.2. The van der Waals surface area contributed by atoms with Gasteiger partial charge in [0.2, 0.25) is 5.95 Å². The second-order valence-electron chi connectivity index (χ2n) is 5.38. The fraction of sp³-hybridized carbons (Fsp3) is 0.333. The molecular formula is C15H16ClN7O4. The molecule has 1 N–H and O–H groups in total. The summed E-state index contributed by atoms with van der Waals surface area (Å²) in [6, 6.07) is 4.21. The Morgan fingerprint density at radius 2 is 2.15 bits per heavy atom. The first-order valence-electron chi connectivity index (χ1n) is 7.92. The van der Waals surface area contributed by atoms with Gasteiger partial charge in [-0.05, 0) is 6.07 Å². The highest BCUT2D eigenvalue weighted by Crippen LogP contribution is 2.21. The van der Waals surface area contributed by atoms with E-state index in [1.807, 2.05) is 4.90 Å². The molecule has 2 aromatic rings. The van der Waals surface area contributed by atoms with Gasteiger partial charge in [-0.3, -0.25) is 10.1 Å². The molecule has 0 bridgehead atoms. The summed E-state index contributed by atoms with van der Waals surface area (Å²) in [6.45, 7) is 2.47. The van der Waals surface area contributed by atoms with Crippen LogP contribution in [0, 0.1) is 10.1 Å². The normalized spacial score (nSPS) is 14.4. The van der Waals surface area contributed by atoms with Crippen LogP contribution in [-0.4, -0.2) is 59.5 Å². The number of nitrogens with one attached hydrogen (secondary N) is 1. The van der Waals surface area contributed by atoms with Crippen molar-refractivity contribution in [2.24, 2.45) is 5.10 Å². The zero-order chi connectivity index (χ0) is 19.2. The third-order valence-electron chi connectivity index (χ3n) is 3.64. The smallest absolute Gasteiger partial charge is 0.322 e.